The van der Waals surface area contributed by atoms with E-state index in [0.29, 0.717) is 0 Å². The number of nitrogens with zero attached hydrogens (tertiary/aromatic N) is 1. The molecule has 3 nitrogen and oxygen atoms in total. The molecular weight excluding hydrogens is 167 g/mol. The van der Waals surface area contributed by atoms with Crippen LogP contribution >= 0.6 is 0 Å². The van der Waals surface area contributed by atoms with Gasteiger partial charge in [-0.05, 0) is 12.1 Å². The Bertz CT molecular complexity index is 246. The van der Waals surface area contributed by atoms with E-state index in [1.165, 1.54) is 12.1 Å². The van der Waals surface area contributed by atoms with E-state index >= 15 is 0 Å². The Balaban J connectivity index is 2.96. The highest BCUT2D eigenvalue weighted by atomic mass is 19.3. The molecule has 0 unspecified atom stereocenters. The molecule has 0 saturated heterocycles. The Morgan fingerprint density at radius 3 is 2.50 bits per heavy atom. The number of halogens is 2. The van der Waals surface area contributed by atoms with E-state index in [1.54, 1.807) is 0 Å². The van der Waals surface area contributed by atoms with Crippen molar-refractivity contribution in [3.05, 3.63) is 23.9 Å². The topological polar surface area (TPSA) is 53.4 Å². The number of rotatable bonds is 2. The van der Waals surface area contributed by atoms with Crippen molar-refractivity contribution in [2.24, 2.45) is 0 Å². The summed E-state index contributed by atoms with van der Waals surface area (Å²) < 4.78 is 24.0. The molecule has 1 aromatic rings. The average Bonchev–Trinajstić information content (AvgIpc) is 2.04. The second kappa shape index (κ2) is 3.60. The Labute approximate surface area is 67.8 Å². The van der Waals surface area contributed by atoms with Crippen LogP contribution < -0.4 is 5.59 Å². The normalized spacial score (nSPS) is 10.4. The molecule has 1 aromatic heterocycles. The van der Waals surface area contributed by atoms with Crippen LogP contribution in [0.1, 0.15) is 12.1 Å². The summed E-state index contributed by atoms with van der Waals surface area (Å²) >= 11 is 0. The van der Waals surface area contributed by atoms with Gasteiger partial charge in [0.2, 0.25) is 0 Å². The van der Waals surface area contributed by atoms with Crippen LogP contribution in [0.3, 0.4) is 0 Å². The number of hydrogen-bond donors (Lipinski definition) is 2. The summed E-state index contributed by atoms with van der Waals surface area (Å²) in [5.41, 5.74) is -0.631. The monoisotopic (exact) mass is 173 g/mol. The minimum Gasteiger partial charge on any atom is -0.422 e. The number of alkyl halides is 2. The molecule has 1 heterocycles. The van der Waals surface area contributed by atoms with Crippen molar-refractivity contribution in [3.8, 4) is 0 Å². The summed E-state index contributed by atoms with van der Waals surface area (Å²) in [5.74, 6) is 0. The van der Waals surface area contributed by atoms with Crippen LogP contribution in [0.15, 0.2) is 18.2 Å². The van der Waals surface area contributed by atoms with E-state index in [9.17, 15) is 8.78 Å². The Hall–Kier alpha value is -1.01. The van der Waals surface area contributed by atoms with E-state index in [0.717, 1.165) is 6.07 Å². The fraction of sp³-hybridized carbons (Fsp3) is 0.167. The molecule has 0 bridgehead atoms. The van der Waals surface area contributed by atoms with Crippen molar-refractivity contribution in [3.63, 3.8) is 0 Å². The van der Waals surface area contributed by atoms with Gasteiger partial charge in [0.15, 0.2) is 0 Å². The summed E-state index contributed by atoms with van der Waals surface area (Å²) in [6.07, 6.45) is -2.69. The summed E-state index contributed by atoms with van der Waals surface area (Å²) in [4.78, 5) is 3.32. The zero-order chi connectivity index (χ0) is 9.14. The third-order valence-electron chi connectivity index (χ3n) is 1.28. The lowest BCUT2D eigenvalue weighted by atomic mass is 9.85. The zero-order valence-electron chi connectivity index (χ0n) is 5.98. The van der Waals surface area contributed by atoms with Gasteiger partial charge < -0.3 is 10.0 Å². The molecule has 0 fully saturated rings. The maximum Gasteiger partial charge on any atom is 0.508 e. The highest BCUT2D eigenvalue weighted by molar-refractivity contribution is 6.57. The molecule has 0 aliphatic carbocycles. The fourth-order valence-electron chi connectivity index (χ4n) is 0.734. The van der Waals surface area contributed by atoms with Crippen molar-refractivity contribution in [2.75, 3.05) is 0 Å². The van der Waals surface area contributed by atoms with Gasteiger partial charge in [0.25, 0.3) is 6.43 Å². The molecule has 0 atom stereocenters. The second-order valence-electron chi connectivity index (χ2n) is 2.16. The van der Waals surface area contributed by atoms with Gasteiger partial charge in [0, 0.05) is 0 Å². The summed E-state index contributed by atoms with van der Waals surface area (Å²) in [6.45, 7) is 0. The lowest BCUT2D eigenvalue weighted by molar-refractivity contribution is 0.146. The maximum atomic E-state index is 12.0. The van der Waals surface area contributed by atoms with E-state index in [4.69, 9.17) is 10.0 Å². The molecule has 0 amide bonds. The van der Waals surface area contributed by atoms with Crippen molar-refractivity contribution >= 4 is 12.7 Å². The first-order chi connectivity index (χ1) is 5.61. The molecule has 0 spiro atoms. The van der Waals surface area contributed by atoms with E-state index in [2.05, 4.69) is 4.98 Å². The van der Waals surface area contributed by atoms with Crippen LogP contribution in [0.5, 0.6) is 0 Å². The summed E-state index contributed by atoms with van der Waals surface area (Å²) in [6, 6.07) is 3.68. The molecule has 12 heavy (non-hydrogen) atoms. The molecule has 0 radical (unpaired) electrons. The highest BCUT2D eigenvalue weighted by Gasteiger charge is 2.15. The van der Waals surface area contributed by atoms with Crippen molar-refractivity contribution in [2.45, 2.75) is 6.43 Å². The Morgan fingerprint density at radius 2 is 2.00 bits per heavy atom. The molecule has 0 aliphatic heterocycles. The van der Waals surface area contributed by atoms with Gasteiger partial charge in [0.05, 0.1) is 5.59 Å². The number of hydrogen-bond acceptors (Lipinski definition) is 3. The minimum absolute atomic E-state index is 0.173. The van der Waals surface area contributed by atoms with Gasteiger partial charge in [-0.25, -0.2) is 8.78 Å². The zero-order valence-corrected chi connectivity index (χ0v) is 5.98. The second-order valence-corrected chi connectivity index (χ2v) is 2.16. The summed E-state index contributed by atoms with van der Waals surface area (Å²) in [7, 11) is -1.80. The van der Waals surface area contributed by atoms with Crippen LogP contribution in [0.4, 0.5) is 8.78 Å². The van der Waals surface area contributed by atoms with Crippen molar-refractivity contribution in [1.29, 1.82) is 0 Å². The summed E-state index contributed by atoms with van der Waals surface area (Å²) in [5, 5.41) is 17.2. The molecule has 64 valence electrons. The molecule has 0 aliphatic rings. The number of pyridine rings is 1. The first kappa shape index (κ1) is 9.09. The van der Waals surface area contributed by atoms with Crippen LogP contribution in [0, 0.1) is 0 Å². The quantitative estimate of drug-likeness (QED) is 0.603. The fourth-order valence-corrected chi connectivity index (χ4v) is 0.734. The predicted molar refractivity (Wildman–Crippen MR) is 39.0 cm³/mol. The van der Waals surface area contributed by atoms with Crippen LogP contribution in [0.2, 0.25) is 0 Å². The molecular formula is C6H6BF2NO2. The van der Waals surface area contributed by atoms with Crippen LogP contribution in [-0.4, -0.2) is 22.2 Å². The van der Waals surface area contributed by atoms with E-state index in [1.807, 2.05) is 0 Å². The van der Waals surface area contributed by atoms with Gasteiger partial charge >= 0.3 is 7.12 Å². The van der Waals surface area contributed by atoms with Gasteiger partial charge in [0.1, 0.15) is 5.69 Å². The molecule has 1 rings (SSSR count). The van der Waals surface area contributed by atoms with Crippen LogP contribution in [-0.2, 0) is 0 Å². The standard InChI is InChI=1S/C6H6BF2NO2/c8-6(9)4-2-1-3-5(10-4)7(11)12/h1-3,6,11-12H. The largest absolute Gasteiger partial charge is 0.508 e. The van der Waals surface area contributed by atoms with Crippen molar-refractivity contribution < 1.29 is 18.8 Å². The van der Waals surface area contributed by atoms with E-state index in [-0.39, 0.29) is 5.59 Å². The SMILES string of the molecule is OB(O)c1cccc(C(F)F)n1. The maximum absolute atomic E-state index is 12.0. The highest BCUT2D eigenvalue weighted by Crippen LogP contribution is 2.13. The molecule has 6 heteroatoms. The first-order valence-corrected chi connectivity index (χ1v) is 3.22. The van der Waals surface area contributed by atoms with Crippen LogP contribution in [0.25, 0.3) is 0 Å². The van der Waals surface area contributed by atoms with Gasteiger partial charge in [-0.15, -0.1) is 0 Å². The third kappa shape index (κ3) is 1.99. The number of aromatic nitrogens is 1. The molecule has 2 N–H and O–H groups in total. The van der Waals surface area contributed by atoms with Gasteiger partial charge in [-0.3, -0.25) is 4.98 Å². The van der Waals surface area contributed by atoms with E-state index < -0.39 is 19.2 Å². The van der Waals surface area contributed by atoms with Gasteiger partial charge in [-0.2, -0.15) is 0 Å². The average molecular weight is 173 g/mol. The Morgan fingerprint density at radius 1 is 1.33 bits per heavy atom. The Kier molecular flexibility index (Phi) is 2.72. The lowest BCUT2D eigenvalue weighted by Gasteiger charge is -2.01. The smallest absolute Gasteiger partial charge is 0.422 e. The third-order valence-corrected chi connectivity index (χ3v) is 1.28. The first-order valence-electron chi connectivity index (χ1n) is 3.22. The minimum atomic E-state index is -2.69. The molecule has 0 saturated carbocycles. The van der Waals surface area contributed by atoms with Gasteiger partial charge in [-0.1, -0.05) is 6.07 Å². The predicted octanol–water partition coefficient (Wildman–Crippen LogP) is -0.301. The molecule has 0 aromatic carbocycles. The van der Waals surface area contributed by atoms with Crippen molar-refractivity contribution in [1.82, 2.24) is 4.98 Å². The lowest BCUT2D eigenvalue weighted by Crippen LogP contribution is -2.33.